The third-order valence-corrected chi connectivity index (χ3v) is 3.47. The zero-order valence-corrected chi connectivity index (χ0v) is 10.2. The SMILES string of the molecule is CN1CCC(CNc2cccc(F)c2N)CC1. The molecule has 0 amide bonds. The molecule has 1 saturated heterocycles. The van der Waals surface area contributed by atoms with Gasteiger partial charge in [-0.05, 0) is 51.0 Å². The molecule has 1 aromatic carbocycles. The van der Waals surface area contributed by atoms with Crippen LogP contribution in [0.2, 0.25) is 0 Å². The van der Waals surface area contributed by atoms with Crippen molar-refractivity contribution in [1.82, 2.24) is 4.90 Å². The molecule has 1 aliphatic heterocycles. The van der Waals surface area contributed by atoms with Crippen LogP contribution in [0.1, 0.15) is 12.8 Å². The number of hydrogen-bond acceptors (Lipinski definition) is 3. The summed E-state index contributed by atoms with van der Waals surface area (Å²) in [5.41, 5.74) is 6.61. The van der Waals surface area contributed by atoms with Gasteiger partial charge in [-0.15, -0.1) is 0 Å². The van der Waals surface area contributed by atoms with Crippen molar-refractivity contribution in [3.05, 3.63) is 24.0 Å². The van der Waals surface area contributed by atoms with Crippen LogP contribution in [0.4, 0.5) is 15.8 Å². The fourth-order valence-electron chi connectivity index (χ4n) is 2.21. The second-order valence-corrected chi connectivity index (χ2v) is 4.83. The van der Waals surface area contributed by atoms with Crippen LogP contribution < -0.4 is 11.1 Å². The lowest BCUT2D eigenvalue weighted by Crippen LogP contribution is -2.33. The van der Waals surface area contributed by atoms with Gasteiger partial charge < -0.3 is 16.0 Å². The summed E-state index contributed by atoms with van der Waals surface area (Å²) in [4.78, 5) is 2.34. The van der Waals surface area contributed by atoms with E-state index in [9.17, 15) is 4.39 Å². The molecule has 2 rings (SSSR count). The number of nitrogen functional groups attached to an aromatic ring is 1. The molecule has 0 saturated carbocycles. The number of anilines is 2. The Morgan fingerprint density at radius 2 is 2.12 bits per heavy atom. The van der Waals surface area contributed by atoms with E-state index in [1.165, 1.54) is 18.9 Å². The first-order chi connectivity index (χ1) is 8.16. The molecule has 3 N–H and O–H groups in total. The summed E-state index contributed by atoms with van der Waals surface area (Å²) in [5, 5.41) is 3.25. The van der Waals surface area contributed by atoms with Gasteiger partial charge >= 0.3 is 0 Å². The van der Waals surface area contributed by atoms with Gasteiger partial charge in [-0.25, -0.2) is 4.39 Å². The number of nitrogens with zero attached hydrogens (tertiary/aromatic N) is 1. The molecule has 0 bridgehead atoms. The van der Waals surface area contributed by atoms with Crippen LogP contribution in [0.15, 0.2) is 18.2 Å². The van der Waals surface area contributed by atoms with Crippen molar-refractivity contribution in [2.45, 2.75) is 12.8 Å². The molecule has 17 heavy (non-hydrogen) atoms. The van der Waals surface area contributed by atoms with E-state index in [0.717, 1.165) is 19.6 Å². The van der Waals surface area contributed by atoms with Gasteiger partial charge in [0.15, 0.2) is 0 Å². The Bertz CT molecular complexity index is 373. The van der Waals surface area contributed by atoms with E-state index in [1.807, 2.05) is 6.07 Å². The van der Waals surface area contributed by atoms with Crippen molar-refractivity contribution in [2.75, 3.05) is 37.7 Å². The van der Waals surface area contributed by atoms with Crippen molar-refractivity contribution < 1.29 is 4.39 Å². The fraction of sp³-hybridized carbons (Fsp3) is 0.538. The van der Waals surface area contributed by atoms with Crippen LogP contribution in [-0.2, 0) is 0 Å². The number of likely N-dealkylation sites (tertiary alicyclic amines) is 1. The first-order valence-corrected chi connectivity index (χ1v) is 6.13. The number of rotatable bonds is 3. The van der Waals surface area contributed by atoms with E-state index in [2.05, 4.69) is 17.3 Å². The molecule has 0 aromatic heterocycles. The van der Waals surface area contributed by atoms with E-state index in [0.29, 0.717) is 11.6 Å². The molecule has 0 spiro atoms. The van der Waals surface area contributed by atoms with E-state index in [1.54, 1.807) is 6.07 Å². The van der Waals surface area contributed by atoms with Gasteiger partial charge in [0.25, 0.3) is 0 Å². The summed E-state index contributed by atoms with van der Waals surface area (Å²) in [6.45, 7) is 3.16. The van der Waals surface area contributed by atoms with Crippen molar-refractivity contribution in [3.8, 4) is 0 Å². The van der Waals surface area contributed by atoms with Gasteiger partial charge in [0, 0.05) is 6.54 Å². The number of piperidine rings is 1. The third-order valence-electron chi connectivity index (χ3n) is 3.47. The van der Waals surface area contributed by atoms with Crippen molar-refractivity contribution in [1.29, 1.82) is 0 Å². The Balaban J connectivity index is 1.87. The van der Waals surface area contributed by atoms with Crippen LogP contribution in [0.5, 0.6) is 0 Å². The van der Waals surface area contributed by atoms with Crippen molar-refractivity contribution in [2.24, 2.45) is 5.92 Å². The molecule has 0 radical (unpaired) electrons. The highest BCUT2D eigenvalue weighted by atomic mass is 19.1. The molecule has 1 aromatic rings. The predicted octanol–water partition coefficient (Wildman–Crippen LogP) is 2.16. The van der Waals surface area contributed by atoms with Crippen LogP contribution >= 0.6 is 0 Å². The average Bonchev–Trinajstić information content (AvgIpc) is 2.33. The van der Waals surface area contributed by atoms with Gasteiger partial charge in [-0.1, -0.05) is 6.07 Å². The maximum Gasteiger partial charge on any atom is 0.148 e. The predicted molar refractivity (Wildman–Crippen MR) is 69.5 cm³/mol. The Morgan fingerprint density at radius 3 is 2.82 bits per heavy atom. The molecule has 1 aliphatic rings. The van der Waals surface area contributed by atoms with E-state index in [-0.39, 0.29) is 11.5 Å². The lowest BCUT2D eigenvalue weighted by molar-refractivity contribution is 0.226. The summed E-state index contributed by atoms with van der Waals surface area (Å²) in [7, 11) is 2.15. The van der Waals surface area contributed by atoms with Gasteiger partial charge in [0.05, 0.1) is 11.4 Å². The number of para-hydroxylation sites is 1. The Labute approximate surface area is 102 Å². The number of nitrogens with two attached hydrogens (primary N) is 1. The summed E-state index contributed by atoms with van der Waals surface area (Å²) >= 11 is 0. The van der Waals surface area contributed by atoms with Crippen molar-refractivity contribution >= 4 is 11.4 Å². The number of halogens is 1. The van der Waals surface area contributed by atoms with Crippen LogP contribution in [0.25, 0.3) is 0 Å². The molecule has 3 nitrogen and oxygen atoms in total. The van der Waals surface area contributed by atoms with Gasteiger partial charge in [0.1, 0.15) is 5.82 Å². The molecular weight excluding hydrogens is 217 g/mol. The summed E-state index contributed by atoms with van der Waals surface area (Å²) in [6, 6.07) is 4.89. The lowest BCUT2D eigenvalue weighted by atomic mass is 9.97. The highest BCUT2D eigenvalue weighted by Gasteiger charge is 2.16. The first-order valence-electron chi connectivity index (χ1n) is 6.13. The second kappa shape index (κ2) is 5.36. The molecule has 0 unspecified atom stereocenters. The monoisotopic (exact) mass is 237 g/mol. The smallest absolute Gasteiger partial charge is 0.148 e. The topological polar surface area (TPSA) is 41.3 Å². The number of benzene rings is 1. The maximum atomic E-state index is 13.2. The molecule has 4 heteroatoms. The standard InChI is InChI=1S/C13H20FN3/c1-17-7-5-10(6-8-17)9-16-12-4-2-3-11(14)13(12)15/h2-4,10,16H,5-9,15H2,1H3. The largest absolute Gasteiger partial charge is 0.395 e. The number of nitrogens with one attached hydrogen (secondary N) is 1. The molecule has 94 valence electrons. The minimum absolute atomic E-state index is 0.223. The minimum atomic E-state index is -0.349. The fourth-order valence-corrected chi connectivity index (χ4v) is 2.21. The summed E-state index contributed by atoms with van der Waals surface area (Å²) in [6.07, 6.45) is 2.39. The molecule has 1 fully saturated rings. The highest BCUT2D eigenvalue weighted by Crippen LogP contribution is 2.23. The van der Waals surface area contributed by atoms with E-state index in [4.69, 9.17) is 5.73 Å². The Kier molecular flexibility index (Phi) is 3.84. The zero-order valence-electron chi connectivity index (χ0n) is 10.2. The van der Waals surface area contributed by atoms with E-state index < -0.39 is 0 Å². The van der Waals surface area contributed by atoms with Crippen LogP contribution in [-0.4, -0.2) is 31.6 Å². The summed E-state index contributed by atoms with van der Waals surface area (Å²) in [5.74, 6) is 0.312. The number of hydrogen-bond donors (Lipinski definition) is 2. The van der Waals surface area contributed by atoms with Crippen LogP contribution in [0, 0.1) is 11.7 Å². The Morgan fingerprint density at radius 1 is 1.41 bits per heavy atom. The molecule has 1 heterocycles. The average molecular weight is 237 g/mol. The quantitative estimate of drug-likeness (QED) is 0.792. The normalized spacial score (nSPS) is 18.2. The zero-order chi connectivity index (χ0) is 12.3. The second-order valence-electron chi connectivity index (χ2n) is 4.83. The molecule has 0 aliphatic carbocycles. The van der Waals surface area contributed by atoms with Crippen molar-refractivity contribution in [3.63, 3.8) is 0 Å². The lowest BCUT2D eigenvalue weighted by Gasteiger charge is -2.29. The third kappa shape index (κ3) is 3.09. The van der Waals surface area contributed by atoms with Gasteiger partial charge in [-0.3, -0.25) is 0 Å². The van der Waals surface area contributed by atoms with Crippen LogP contribution in [0.3, 0.4) is 0 Å². The van der Waals surface area contributed by atoms with Gasteiger partial charge in [-0.2, -0.15) is 0 Å². The first kappa shape index (κ1) is 12.2. The molecule has 0 atom stereocenters. The van der Waals surface area contributed by atoms with Gasteiger partial charge in [0.2, 0.25) is 0 Å². The molecular formula is C13H20FN3. The summed E-state index contributed by atoms with van der Waals surface area (Å²) < 4.78 is 13.2. The highest BCUT2D eigenvalue weighted by molar-refractivity contribution is 5.66. The Hall–Kier alpha value is -1.29. The van der Waals surface area contributed by atoms with E-state index >= 15 is 0 Å². The maximum absolute atomic E-state index is 13.2. The minimum Gasteiger partial charge on any atom is -0.395 e.